The second-order valence-corrected chi connectivity index (χ2v) is 4.25. The number of carbonyl (C=O) groups excluding carboxylic acids is 1. The second-order valence-electron chi connectivity index (χ2n) is 4.25. The number of ether oxygens (including phenoxy) is 1. The molecule has 0 radical (unpaired) electrons. The first kappa shape index (κ1) is 14.4. The van der Waals surface area contributed by atoms with Crippen LogP contribution in [0.4, 0.5) is 0 Å². The minimum absolute atomic E-state index is 0.251. The van der Waals surface area contributed by atoms with Crippen LogP contribution in [-0.2, 0) is 14.3 Å². The quantitative estimate of drug-likeness (QED) is 0.444. The fraction of sp³-hybridized carbons (Fsp3) is 0.500. The smallest absolute Gasteiger partial charge is 0.328 e. The summed E-state index contributed by atoms with van der Waals surface area (Å²) in [6.45, 7) is 5.45. The van der Waals surface area contributed by atoms with Crippen molar-refractivity contribution in [2.75, 3.05) is 0 Å². The standard InChI is InChI=1S/C12H18O4/c1-12(2,3)16-11(15)9-7-5-4-6-8-10(13)14/h4-6,8H,7,9H2,1-3H3,(H,13,14)/b5-4+,8-6+. The molecule has 0 saturated carbocycles. The largest absolute Gasteiger partial charge is 0.478 e. The highest BCUT2D eigenvalue weighted by Crippen LogP contribution is 2.09. The van der Waals surface area contributed by atoms with Gasteiger partial charge >= 0.3 is 11.9 Å². The Morgan fingerprint density at radius 3 is 2.38 bits per heavy atom. The van der Waals surface area contributed by atoms with Crippen LogP contribution in [0.3, 0.4) is 0 Å². The van der Waals surface area contributed by atoms with Gasteiger partial charge in [-0.1, -0.05) is 18.2 Å². The molecule has 0 aliphatic rings. The van der Waals surface area contributed by atoms with Crippen molar-refractivity contribution in [2.45, 2.75) is 39.2 Å². The monoisotopic (exact) mass is 226 g/mol. The van der Waals surface area contributed by atoms with Gasteiger partial charge in [0.05, 0.1) is 0 Å². The zero-order valence-corrected chi connectivity index (χ0v) is 9.90. The number of esters is 1. The van der Waals surface area contributed by atoms with Gasteiger partial charge in [-0.05, 0) is 27.2 Å². The van der Waals surface area contributed by atoms with Gasteiger partial charge in [0, 0.05) is 12.5 Å². The average Bonchev–Trinajstić information content (AvgIpc) is 2.07. The summed E-state index contributed by atoms with van der Waals surface area (Å²) in [6, 6.07) is 0. The van der Waals surface area contributed by atoms with Gasteiger partial charge in [0.1, 0.15) is 5.60 Å². The van der Waals surface area contributed by atoms with Gasteiger partial charge in [-0.3, -0.25) is 4.79 Å². The molecule has 0 aliphatic heterocycles. The van der Waals surface area contributed by atoms with Crippen molar-refractivity contribution in [3.05, 3.63) is 24.3 Å². The minimum Gasteiger partial charge on any atom is -0.478 e. The van der Waals surface area contributed by atoms with E-state index in [4.69, 9.17) is 9.84 Å². The number of allylic oxidation sites excluding steroid dienone is 3. The van der Waals surface area contributed by atoms with Crippen molar-refractivity contribution in [3.63, 3.8) is 0 Å². The Morgan fingerprint density at radius 1 is 1.25 bits per heavy atom. The minimum atomic E-state index is -0.989. The first-order chi connectivity index (χ1) is 7.31. The van der Waals surface area contributed by atoms with Gasteiger partial charge in [-0.25, -0.2) is 4.79 Å². The molecule has 4 nitrogen and oxygen atoms in total. The maximum Gasteiger partial charge on any atom is 0.328 e. The lowest BCUT2D eigenvalue weighted by molar-refractivity contribution is -0.154. The lowest BCUT2D eigenvalue weighted by Crippen LogP contribution is -2.23. The Kier molecular flexibility index (Phi) is 6.15. The molecule has 0 aromatic carbocycles. The van der Waals surface area contributed by atoms with Crippen molar-refractivity contribution in [2.24, 2.45) is 0 Å². The molecular formula is C12H18O4. The number of carbonyl (C=O) groups is 2. The zero-order chi connectivity index (χ0) is 12.6. The van der Waals surface area contributed by atoms with Crippen LogP contribution in [0.25, 0.3) is 0 Å². The normalized spacial score (nSPS) is 12.2. The maximum atomic E-state index is 11.2. The van der Waals surface area contributed by atoms with Crippen molar-refractivity contribution in [1.29, 1.82) is 0 Å². The highest BCUT2D eigenvalue weighted by Gasteiger charge is 2.14. The molecule has 0 amide bonds. The van der Waals surface area contributed by atoms with E-state index in [2.05, 4.69) is 0 Å². The molecule has 0 heterocycles. The topological polar surface area (TPSA) is 63.6 Å². The van der Waals surface area contributed by atoms with Crippen molar-refractivity contribution in [1.82, 2.24) is 0 Å². The van der Waals surface area contributed by atoms with E-state index >= 15 is 0 Å². The van der Waals surface area contributed by atoms with Gasteiger partial charge in [0.2, 0.25) is 0 Å². The summed E-state index contributed by atoms with van der Waals surface area (Å²) in [4.78, 5) is 21.3. The van der Waals surface area contributed by atoms with Crippen LogP contribution in [0.1, 0.15) is 33.6 Å². The summed E-state index contributed by atoms with van der Waals surface area (Å²) in [7, 11) is 0. The Hall–Kier alpha value is -1.58. The molecule has 0 aliphatic carbocycles. The second kappa shape index (κ2) is 6.82. The van der Waals surface area contributed by atoms with Gasteiger partial charge in [0.15, 0.2) is 0 Å². The number of hydrogen-bond acceptors (Lipinski definition) is 3. The maximum absolute atomic E-state index is 11.2. The number of carboxylic acid groups (broad SMARTS) is 1. The molecule has 0 saturated heterocycles. The summed E-state index contributed by atoms with van der Waals surface area (Å²) in [5, 5.41) is 8.29. The van der Waals surface area contributed by atoms with E-state index in [0.717, 1.165) is 6.08 Å². The van der Waals surface area contributed by atoms with Crippen LogP contribution in [0.15, 0.2) is 24.3 Å². The summed E-state index contributed by atoms with van der Waals surface area (Å²) in [5.74, 6) is -1.24. The van der Waals surface area contributed by atoms with Crippen LogP contribution < -0.4 is 0 Å². The predicted octanol–water partition coefficient (Wildman–Crippen LogP) is 2.31. The van der Waals surface area contributed by atoms with E-state index in [1.54, 1.807) is 12.2 Å². The van der Waals surface area contributed by atoms with Crippen molar-refractivity contribution < 1.29 is 19.4 Å². The number of rotatable bonds is 5. The number of aliphatic carboxylic acids is 1. The molecule has 0 bridgehead atoms. The predicted molar refractivity (Wildman–Crippen MR) is 61.0 cm³/mol. The third-order valence-electron chi connectivity index (χ3n) is 1.42. The molecule has 0 aromatic rings. The summed E-state index contributed by atoms with van der Waals surface area (Å²) in [6.07, 6.45) is 6.61. The molecule has 0 rings (SSSR count). The van der Waals surface area contributed by atoms with E-state index in [1.807, 2.05) is 20.8 Å². The Bertz CT molecular complexity index is 295. The zero-order valence-electron chi connectivity index (χ0n) is 9.90. The SMILES string of the molecule is CC(C)(C)OC(=O)CC/C=C/C=C/C(=O)O. The first-order valence-corrected chi connectivity index (χ1v) is 5.09. The Labute approximate surface area is 95.6 Å². The fourth-order valence-electron chi connectivity index (χ4n) is 0.906. The molecule has 0 fully saturated rings. The highest BCUT2D eigenvalue weighted by molar-refractivity contribution is 5.80. The van der Waals surface area contributed by atoms with Gasteiger partial charge in [-0.15, -0.1) is 0 Å². The number of hydrogen-bond donors (Lipinski definition) is 1. The van der Waals surface area contributed by atoms with E-state index in [-0.39, 0.29) is 5.97 Å². The lowest BCUT2D eigenvalue weighted by atomic mass is 10.2. The van der Waals surface area contributed by atoms with E-state index in [0.29, 0.717) is 12.8 Å². The summed E-state index contributed by atoms with van der Waals surface area (Å²) < 4.78 is 5.10. The molecule has 90 valence electrons. The fourth-order valence-corrected chi connectivity index (χ4v) is 0.906. The van der Waals surface area contributed by atoms with Gasteiger partial charge in [-0.2, -0.15) is 0 Å². The third-order valence-corrected chi connectivity index (χ3v) is 1.42. The molecule has 0 atom stereocenters. The van der Waals surface area contributed by atoms with Gasteiger partial charge < -0.3 is 9.84 Å². The highest BCUT2D eigenvalue weighted by atomic mass is 16.6. The summed E-state index contributed by atoms with van der Waals surface area (Å²) >= 11 is 0. The molecular weight excluding hydrogens is 208 g/mol. The number of carboxylic acids is 1. The summed E-state index contributed by atoms with van der Waals surface area (Å²) in [5.41, 5.74) is -0.454. The lowest BCUT2D eigenvalue weighted by Gasteiger charge is -2.19. The third kappa shape index (κ3) is 10.5. The Balaban J connectivity index is 3.74. The van der Waals surface area contributed by atoms with E-state index in [1.165, 1.54) is 6.08 Å². The van der Waals surface area contributed by atoms with Crippen LogP contribution in [0, 0.1) is 0 Å². The molecule has 1 N–H and O–H groups in total. The molecule has 4 heteroatoms. The molecule has 0 aromatic heterocycles. The van der Waals surface area contributed by atoms with E-state index in [9.17, 15) is 9.59 Å². The van der Waals surface area contributed by atoms with Crippen molar-refractivity contribution >= 4 is 11.9 Å². The van der Waals surface area contributed by atoms with E-state index < -0.39 is 11.6 Å². The first-order valence-electron chi connectivity index (χ1n) is 5.09. The molecule has 16 heavy (non-hydrogen) atoms. The van der Waals surface area contributed by atoms with Crippen LogP contribution in [-0.4, -0.2) is 22.6 Å². The molecule has 0 unspecified atom stereocenters. The van der Waals surface area contributed by atoms with Gasteiger partial charge in [0.25, 0.3) is 0 Å². The van der Waals surface area contributed by atoms with Crippen LogP contribution in [0.2, 0.25) is 0 Å². The Morgan fingerprint density at radius 2 is 1.88 bits per heavy atom. The van der Waals surface area contributed by atoms with Crippen molar-refractivity contribution in [3.8, 4) is 0 Å². The van der Waals surface area contributed by atoms with Crippen LogP contribution >= 0.6 is 0 Å². The molecule has 0 spiro atoms. The van der Waals surface area contributed by atoms with Crippen LogP contribution in [0.5, 0.6) is 0 Å². The average molecular weight is 226 g/mol.